The summed E-state index contributed by atoms with van der Waals surface area (Å²) in [7, 11) is 0. The van der Waals surface area contributed by atoms with Crippen LogP contribution in [-0.2, 0) is 13.0 Å². The molecule has 0 N–H and O–H groups in total. The normalized spacial score (nSPS) is 11.3. The Balaban J connectivity index is 1.84. The fourth-order valence-electron chi connectivity index (χ4n) is 4.64. The van der Waals surface area contributed by atoms with Crippen LogP contribution in [0, 0.1) is 0 Å². The zero-order valence-corrected chi connectivity index (χ0v) is 21.5. The molecule has 0 saturated carbocycles. The molecule has 0 aliphatic carbocycles. The SMILES string of the molecule is CCCCCCCCCCCCCCCCCCC[n+]1cccc(CCCCCC)c1. The van der Waals surface area contributed by atoms with E-state index in [2.05, 4.69) is 42.9 Å². The number of unbranched alkanes of at least 4 members (excludes halogenated alkanes) is 19. The molecule has 1 heterocycles. The summed E-state index contributed by atoms with van der Waals surface area (Å²) in [6.45, 7) is 5.78. The molecule has 1 aromatic rings. The monoisotopic (exact) mass is 430 g/mol. The summed E-state index contributed by atoms with van der Waals surface area (Å²) in [6.07, 6.45) is 35.9. The van der Waals surface area contributed by atoms with Crippen molar-refractivity contribution in [1.29, 1.82) is 0 Å². The maximum absolute atomic E-state index is 2.42. The molecule has 0 fully saturated rings. The topological polar surface area (TPSA) is 3.88 Å². The van der Waals surface area contributed by atoms with Gasteiger partial charge in [0.1, 0.15) is 6.54 Å². The highest BCUT2D eigenvalue weighted by molar-refractivity contribution is 5.05. The van der Waals surface area contributed by atoms with Crippen LogP contribution in [0.4, 0.5) is 0 Å². The highest BCUT2D eigenvalue weighted by Gasteiger charge is 2.03. The second-order valence-electron chi connectivity index (χ2n) is 9.92. The molecule has 0 atom stereocenters. The van der Waals surface area contributed by atoms with E-state index in [0.29, 0.717) is 0 Å². The third kappa shape index (κ3) is 18.4. The molecule has 0 aliphatic heterocycles. The highest BCUT2D eigenvalue weighted by atomic mass is 14.9. The minimum Gasteiger partial charge on any atom is -0.205 e. The van der Waals surface area contributed by atoms with Crippen molar-refractivity contribution in [2.24, 2.45) is 0 Å². The van der Waals surface area contributed by atoms with Crippen LogP contribution >= 0.6 is 0 Å². The van der Waals surface area contributed by atoms with Gasteiger partial charge in [0.05, 0.1) is 0 Å². The van der Waals surface area contributed by atoms with Crippen molar-refractivity contribution in [3.63, 3.8) is 0 Å². The Morgan fingerprint density at radius 1 is 0.516 bits per heavy atom. The van der Waals surface area contributed by atoms with Gasteiger partial charge in [0.15, 0.2) is 12.4 Å². The summed E-state index contributed by atoms with van der Waals surface area (Å²) in [5.74, 6) is 0. The first-order valence-corrected chi connectivity index (χ1v) is 14.3. The maximum Gasteiger partial charge on any atom is 0.171 e. The molecule has 1 aromatic heterocycles. The van der Waals surface area contributed by atoms with Gasteiger partial charge in [-0.2, -0.15) is 0 Å². The van der Waals surface area contributed by atoms with Crippen LogP contribution in [0.3, 0.4) is 0 Å². The molecule has 0 aromatic carbocycles. The summed E-state index contributed by atoms with van der Waals surface area (Å²) in [5, 5.41) is 0. The second kappa shape index (κ2) is 22.3. The molecule has 0 unspecified atom stereocenters. The molecule has 0 aliphatic rings. The quantitative estimate of drug-likeness (QED) is 0.120. The van der Waals surface area contributed by atoms with Crippen molar-refractivity contribution in [2.45, 2.75) is 162 Å². The third-order valence-corrected chi connectivity index (χ3v) is 6.76. The summed E-state index contributed by atoms with van der Waals surface area (Å²) in [5.41, 5.74) is 1.52. The lowest BCUT2D eigenvalue weighted by Gasteiger charge is -2.04. The van der Waals surface area contributed by atoms with Crippen molar-refractivity contribution in [3.8, 4) is 0 Å². The zero-order valence-electron chi connectivity index (χ0n) is 21.5. The van der Waals surface area contributed by atoms with E-state index in [0.717, 1.165) is 0 Å². The molecule has 0 amide bonds. The lowest BCUT2D eigenvalue weighted by molar-refractivity contribution is -0.697. The van der Waals surface area contributed by atoms with Gasteiger partial charge >= 0.3 is 0 Å². The molecule has 0 spiro atoms. The molecule has 1 rings (SSSR count). The number of nitrogens with zero attached hydrogens (tertiary/aromatic N) is 1. The standard InChI is InChI=1S/C30H56N/c1-3-5-7-9-10-11-12-13-14-15-16-17-18-19-20-21-23-27-31-28-24-26-30(29-31)25-22-8-6-4-2/h24,26,28-29H,3-23,25,27H2,1-2H3/q+1. The van der Waals surface area contributed by atoms with E-state index >= 15 is 0 Å². The Kier molecular flexibility index (Phi) is 20.3. The van der Waals surface area contributed by atoms with Crippen LogP contribution in [0.25, 0.3) is 0 Å². The van der Waals surface area contributed by atoms with Crippen LogP contribution in [-0.4, -0.2) is 0 Å². The van der Waals surface area contributed by atoms with E-state index in [1.165, 1.54) is 153 Å². The lowest BCUT2D eigenvalue weighted by Crippen LogP contribution is -2.33. The van der Waals surface area contributed by atoms with Gasteiger partial charge < -0.3 is 0 Å². The fraction of sp³-hybridized carbons (Fsp3) is 0.833. The van der Waals surface area contributed by atoms with E-state index in [4.69, 9.17) is 0 Å². The number of aryl methyl sites for hydroxylation is 2. The number of rotatable bonds is 23. The summed E-state index contributed by atoms with van der Waals surface area (Å²) >= 11 is 0. The van der Waals surface area contributed by atoms with Gasteiger partial charge in [-0.25, -0.2) is 4.57 Å². The minimum atomic E-state index is 1.20. The summed E-state index contributed by atoms with van der Waals surface area (Å²) < 4.78 is 2.42. The molecular formula is C30H56N+. The predicted molar refractivity (Wildman–Crippen MR) is 139 cm³/mol. The van der Waals surface area contributed by atoms with E-state index in [1.807, 2.05) is 0 Å². The summed E-state index contributed by atoms with van der Waals surface area (Å²) in [6, 6.07) is 4.54. The second-order valence-corrected chi connectivity index (χ2v) is 9.92. The van der Waals surface area contributed by atoms with Crippen molar-refractivity contribution >= 4 is 0 Å². The van der Waals surface area contributed by atoms with Crippen molar-refractivity contribution in [1.82, 2.24) is 0 Å². The van der Waals surface area contributed by atoms with Crippen molar-refractivity contribution < 1.29 is 4.57 Å². The van der Waals surface area contributed by atoms with Gasteiger partial charge in [0.2, 0.25) is 0 Å². The molecule has 0 bridgehead atoms. The molecule has 0 saturated heterocycles. The van der Waals surface area contributed by atoms with E-state index < -0.39 is 0 Å². The molecular weight excluding hydrogens is 374 g/mol. The van der Waals surface area contributed by atoms with Gasteiger partial charge in [-0.1, -0.05) is 129 Å². The third-order valence-electron chi connectivity index (χ3n) is 6.76. The summed E-state index contributed by atoms with van der Waals surface area (Å²) in [4.78, 5) is 0. The van der Waals surface area contributed by atoms with Crippen LogP contribution in [0.15, 0.2) is 24.5 Å². The Bertz CT molecular complexity index is 481. The van der Waals surface area contributed by atoms with Gasteiger partial charge in [-0.3, -0.25) is 0 Å². The minimum absolute atomic E-state index is 1.20. The van der Waals surface area contributed by atoms with Gasteiger partial charge in [0.25, 0.3) is 0 Å². The van der Waals surface area contributed by atoms with E-state index in [-0.39, 0.29) is 0 Å². The Morgan fingerprint density at radius 2 is 0.935 bits per heavy atom. The average molecular weight is 431 g/mol. The van der Waals surface area contributed by atoms with Crippen molar-refractivity contribution in [3.05, 3.63) is 30.1 Å². The molecule has 0 radical (unpaired) electrons. The number of aromatic nitrogens is 1. The smallest absolute Gasteiger partial charge is 0.171 e. The number of pyridine rings is 1. The van der Waals surface area contributed by atoms with Gasteiger partial charge in [0, 0.05) is 18.1 Å². The highest BCUT2D eigenvalue weighted by Crippen LogP contribution is 2.14. The van der Waals surface area contributed by atoms with Crippen LogP contribution in [0.5, 0.6) is 0 Å². The van der Waals surface area contributed by atoms with Crippen LogP contribution in [0.1, 0.15) is 154 Å². The predicted octanol–water partition coefficient (Wildman–Crippen LogP) is 9.75. The van der Waals surface area contributed by atoms with Gasteiger partial charge in [-0.05, 0) is 25.3 Å². The van der Waals surface area contributed by atoms with Crippen LogP contribution in [0.2, 0.25) is 0 Å². The molecule has 1 heteroatoms. The molecule has 180 valence electrons. The van der Waals surface area contributed by atoms with E-state index in [9.17, 15) is 0 Å². The number of hydrogen-bond acceptors (Lipinski definition) is 0. The Morgan fingerprint density at radius 3 is 1.42 bits per heavy atom. The zero-order chi connectivity index (χ0) is 22.2. The maximum atomic E-state index is 2.42. The lowest BCUT2D eigenvalue weighted by atomic mass is 10.0. The van der Waals surface area contributed by atoms with Gasteiger partial charge in [-0.15, -0.1) is 0 Å². The Labute approximate surface area is 196 Å². The average Bonchev–Trinajstić information content (AvgIpc) is 2.79. The van der Waals surface area contributed by atoms with E-state index in [1.54, 1.807) is 0 Å². The molecule has 31 heavy (non-hydrogen) atoms. The number of hydrogen-bond donors (Lipinski definition) is 0. The first-order valence-electron chi connectivity index (χ1n) is 14.3. The molecule has 1 nitrogen and oxygen atoms in total. The first-order chi connectivity index (χ1) is 15.4. The largest absolute Gasteiger partial charge is 0.205 e. The van der Waals surface area contributed by atoms with Crippen molar-refractivity contribution in [2.75, 3.05) is 0 Å². The first kappa shape index (κ1) is 28.2. The fourth-order valence-corrected chi connectivity index (χ4v) is 4.64. The Hall–Kier alpha value is -0.850. The van der Waals surface area contributed by atoms with Crippen LogP contribution < -0.4 is 4.57 Å².